The average Bonchev–Trinajstić information content (AvgIpc) is 2.50. The first-order valence-electron chi connectivity index (χ1n) is 7.07. The van der Waals surface area contributed by atoms with Crippen LogP contribution in [0.1, 0.15) is 19.8 Å². The van der Waals surface area contributed by atoms with Crippen LogP contribution >= 0.6 is 15.9 Å². The largest absolute Gasteiger partial charge is 0.323 e. The molecule has 1 N–H and O–H groups in total. The molecule has 0 saturated carbocycles. The highest BCUT2D eigenvalue weighted by atomic mass is 79.9. The lowest BCUT2D eigenvalue weighted by Gasteiger charge is -2.30. The van der Waals surface area contributed by atoms with E-state index in [1.165, 1.54) is 16.4 Å². The summed E-state index contributed by atoms with van der Waals surface area (Å²) in [5, 5.41) is 2.54. The van der Waals surface area contributed by atoms with Gasteiger partial charge in [-0.3, -0.25) is 4.79 Å². The lowest BCUT2D eigenvalue weighted by Crippen LogP contribution is -2.44. The van der Waals surface area contributed by atoms with Gasteiger partial charge in [0.25, 0.3) is 0 Å². The average molecular weight is 393 g/mol. The molecule has 0 radical (unpaired) electrons. The van der Waals surface area contributed by atoms with Gasteiger partial charge in [-0.1, -0.05) is 15.9 Å². The first-order valence-corrected chi connectivity index (χ1v) is 9.47. The third-order valence-electron chi connectivity index (χ3n) is 3.70. The Kier molecular flexibility index (Phi) is 5.57. The number of hydrogen-bond acceptors (Lipinski definition) is 3. The van der Waals surface area contributed by atoms with Gasteiger partial charge in [-0.05, 0) is 38.0 Å². The third-order valence-corrected chi connectivity index (χ3v) is 6.04. The molecular formula is C14H18BrFN2O3S. The van der Waals surface area contributed by atoms with Crippen molar-refractivity contribution in [3.8, 4) is 0 Å². The number of halogens is 2. The molecule has 1 heterocycles. The zero-order valence-electron chi connectivity index (χ0n) is 12.2. The summed E-state index contributed by atoms with van der Waals surface area (Å²) >= 11 is 3.15. The van der Waals surface area contributed by atoms with Crippen LogP contribution in [0, 0.1) is 11.7 Å². The standard InChI is InChI=1S/C14H18BrFN2O3S/c1-2-22(20,21)18-7-3-4-10(9-18)14(19)17-13-6-5-11(15)8-12(13)16/h5-6,8,10H,2-4,7,9H2,1H3,(H,17,19)/t10-/m1/s1. The lowest BCUT2D eigenvalue weighted by molar-refractivity contribution is -0.120. The van der Waals surface area contributed by atoms with E-state index in [9.17, 15) is 17.6 Å². The van der Waals surface area contributed by atoms with Crippen LogP contribution < -0.4 is 5.32 Å². The second-order valence-corrected chi connectivity index (χ2v) is 8.38. The summed E-state index contributed by atoms with van der Waals surface area (Å²) in [6, 6.07) is 4.37. The number of nitrogens with one attached hydrogen (secondary N) is 1. The van der Waals surface area contributed by atoms with Gasteiger partial charge in [-0.2, -0.15) is 0 Å². The Morgan fingerprint density at radius 1 is 1.50 bits per heavy atom. The van der Waals surface area contributed by atoms with Crippen molar-refractivity contribution < 1.29 is 17.6 Å². The molecule has 5 nitrogen and oxygen atoms in total. The smallest absolute Gasteiger partial charge is 0.228 e. The van der Waals surface area contributed by atoms with E-state index in [-0.39, 0.29) is 23.9 Å². The highest BCUT2D eigenvalue weighted by molar-refractivity contribution is 9.10. The number of piperidine rings is 1. The molecule has 8 heteroatoms. The summed E-state index contributed by atoms with van der Waals surface area (Å²) in [6.45, 7) is 2.17. The molecule has 1 atom stereocenters. The molecule has 1 aliphatic rings. The minimum absolute atomic E-state index is 0.0165. The minimum Gasteiger partial charge on any atom is -0.323 e. The Labute approximate surface area is 138 Å². The topological polar surface area (TPSA) is 66.5 Å². The molecule has 0 bridgehead atoms. The van der Waals surface area contributed by atoms with Crippen molar-refractivity contribution in [1.82, 2.24) is 4.31 Å². The monoisotopic (exact) mass is 392 g/mol. The number of benzene rings is 1. The molecule has 1 aromatic carbocycles. The molecule has 1 saturated heterocycles. The maximum absolute atomic E-state index is 13.7. The highest BCUT2D eigenvalue weighted by Gasteiger charge is 2.31. The second kappa shape index (κ2) is 7.06. The summed E-state index contributed by atoms with van der Waals surface area (Å²) in [7, 11) is -3.30. The molecular weight excluding hydrogens is 375 g/mol. The van der Waals surface area contributed by atoms with E-state index in [1.807, 2.05) is 0 Å². The highest BCUT2D eigenvalue weighted by Crippen LogP contribution is 2.23. The normalized spacial score (nSPS) is 19.9. The van der Waals surface area contributed by atoms with Crippen molar-refractivity contribution >= 4 is 37.5 Å². The van der Waals surface area contributed by atoms with Gasteiger partial charge in [0.2, 0.25) is 15.9 Å². The lowest BCUT2D eigenvalue weighted by atomic mass is 9.98. The van der Waals surface area contributed by atoms with E-state index in [0.717, 1.165) is 0 Å². The first kappa shape index (κ1) is 17.4. The summed E-state index contributed by atoms with van der Waals surface area (Å²) in [5.74, 6) is -1.32. The fourth-order valence-electron chi connectivity index (χ4n) is 2.42. The Balaban J connectivity index is 2.06. The van der Waals surface area contributed by atoms with Crippen molar-refractivity contribution in [2.24, 2.45) is 5.92 Å². The van der Waals surface area contributed by atoms with Gasteiger partial charge in [-0.25, -0.2) is 17.1 Å². The molecule has 22 heavy (non-hydrogen) atoms. The molecule has 122 valence electrons. The van der Waals surface area contributed by atoms with Gasteiger partial charge in [0.15, 0.2) is 0 Å². The van der Waals surface area contributed by atoms with E-state index in [0.29, 0.717) is 23.9 Å². The van der Waals surface area contributed by atoms with Gasteiger partial charge in [0, 0.05) is 17.6 Å². The zero-order valence-corrected chi connectivity index (χ0v) is 14.6. The Morgan fingerprint density at radius 2 is 2.23 bits per heavy atom. The van der Waals surface area contributed by atoms with Crippen molar-refractivity contribution in [3.63, 3.8) is 0 Å². The van der Waals surface area contributed by atoms with Crippen molar-refractivity contribution in [2.75, 3.05) is 24.2 Å². The van der Waals surface area contributed by atoms with Crippen LogP contribution in [-0.4, -0.2) is 37.5 Å². The van der Waals surface area contributed by atoms with Gasteiger partial charge in [0.1, 0.15) is 5.82 Å². The molecule has 0 spiro atoms. The van der Waals surface area contributed by atoms with Crippen molar-refractivity contribution in [3.05, 3.63) is 28.5 Å². The number of sulfonamides is 1. The number of rotatable bonds is 4. The Morgan fingerprint density at radius 3 is 2.86 bits per heavy atom. The SMILES string of the molecule is CCS(=O)(=O)N1CCC[C@@H](C(=O)Nc2ccc(Br)cc2F)C1. The fraction of sp³-hybridized carbons (Fsp3) is 0.500. The maximum Gasteiger partial charge on any atom is 0.228 e. The van der Waals surface area contributed by atoms with E-state index < -0.39 is 21.8 Å². The minimum atomic E-state index is -3.30. The zero-order chi connectivity index (χ0) is 16.3. The molecule has 0 unspecified atom stereocenters. The fourth-order valence-corrected chi connectivity index (χ4v) is 3.93. The number of carbonyl (C=O) groups is 1. The Hall–Kier alpha value is -0.990. The summed E-state index contributed by atoms with van der Waals surface area (Å²) in [5.41, 5.74) is 0.101. The van der Waals surface area contributed by atoms with Crippen LogP contribution in [0.2, 0.25) is 0 Å². The van der Waals surface area contributed by atoms with Gasteiger partial charge < -0.3 is 5.32 Å². The Bertz CT molecular complexity index is 666. The molecule has 0 aliphatic carbocycles. The summed E-state index contributed by atoms with van der Waals surface area (Å²) in [4.78, 5) is 12.3. The quantitative estimate of drug-likeness (QED) is 0.855. The number of carbonyl (C=O) groups excluding carboxylic acids is 1. The van der Waals surface area contributed by atoms with E-state index in [2.05, 4.69) is 21.2 Å². The molecule has 1 amide bonds. The third kappa shape index (κ3) is 4.05. The van der Waals surface area contributed by atoms with Crippen LogP contribution in [0.15, 0.2) is 22.7 Å². The predicted molar refractivity (Wildman–Crippen MR) is 86.5 cm³/mol. The predicted octanol–water partition coefficient (Wildman–Crippen LogP) is 2.59. The van der Waals surface area contributed by atoms with Crippen LogP contribution in [0.25, 0.3) is 0 Å². The summed E-state index contributed by atoms with van der Waals surface area (Å²) in [6.07, 6.45) is 1.22. The van der Waals surface area contributed by atoms with Crippen LogP contribution in [0.5, 0.6) is 0 Å². The van der Waals surface area contributed by atoms with Crippen LogP contribution in [0.3, 0.4) is 0 Å². The van der Waals surface area contributed by atoms with E-state index in [1.54, 1.807) is 13.0 Å². The number of nitrogens with zero attached hydrogens (tertiary/aromatic N) is 1. The van der Waals surface area contributed by atoms with Crippen LogP contribution in [0.4, 0.5) is 10.1 Å². The maximum atomic E-state index is 13.7. The van der Waals surface area contributed by atoms with Gasteiger partial charge >= 0.3 is 0 Å². The van der Waals surface area contributed by atoms with Gasteiger partial charge in [0.05, 0.1) is 17.4 Å². The molecule has 1 aromatic rings. The number of amides is 1. The number of hydrogen-bond donors (Lipinski definition) is 1. The molecule has 0 aromatic heterocycles. The molecule has 1 fully saturated rings. The van der Waals surface area contributed by atoms with Crippen LogP contribution in [-0.2, 0) is 14.8 Å². The van der Waals surface area contributed by atoms with Crippen molar-refractivity contribution in [1.29, 1.82) is 0 Å². The number of anilines is 1. The van der Waals surface area contributed by atoms with E-state index >= 15 is 0 Å². The molecule has 2 rings (SSSR count). The second-order valence-electron chi connectivity index (χ2n) is 5.21. The van der Waals surface area contributed by atoms with Gasteiger partial charge in [-0.15, -0.1) is 0 Å². The first-order chi connectivity index (χ1) is 10.3. The summed E-state index contributed by atoms with van der Waals surface area (Å²) < 4.78 is 39.5. The van der Waals surface area contributed by atoms with Crippen molar-refractivity contribution in [2.45, 2.75) is 19.8 Å². The molecule has 1 aliphatic heterocycles. The van der Waals surface area contributed by atoms with E-state index in [4.69, 9.17) is 0 Å².